The smallest absolute Gasteiger partial charge is 0.217 e. The zero-order chi connectivity index (χ0) is 14.0. The molecule has 102 valence electrons. The van der Waals surface area contributed by atoms with Gasteiger partial charge in [-0.1, -0.05) is 0 Å². The zero-order valence-corrected chi connectivity index (χ0v) is 11.3. The Morgan fingerprint density at radius 2 is 2.05 bits per heavy atom. The number of hydrogen-bond donors (Lipinski definition) is 2. The lowest BCUT2D eigenvalue weighted by molar-refractivity contribution is -0.118. The third kappa shape index (κ3) is 2.52. The number of nitrogens with zero attached hydrogens (tertiary/aromatic N) is 3. The van der Waals surface area contributed by atoms with E-state index in [-0.39, 0.29) is 5.91 Å². The summed E-state index contributed by atoms with van der Waals surface area (Å²) in [5.41, 5.74) is 14.2. The minimum atomic E-state index is -0.253. The van der Waals surface area contributed by atoms with Crippen molar-refractivity contribution in [1.29, 1.82) is 0 Å². The van der Waals surface area contributed by atoms with Crippen molar-refractivity contribution in [2.75, 3.05) is 5.73 Å². The second-order valence-electron chi connectivity index (χ2n) is 4.74. The highest BCUT2D eigenvalue weighted by molar-refractivity contribution is 5.90. The van der Waals surface area contributed by atoms with Gasteiger partial charge in [0, 0.05) is 18.7 Å². The maximum absolute atomic E-state index is 10.7. The minimum Gasteiger partial charge on any atom is -0.383 e. The van der Waals surface area contributed by atoms with Crippen molar-refractivity contribution in [3.63, 3.8) is 0 Å². The van der Waals surface area contributed by atoms with Crippen LogP contribution in [-0.4, -0.2) is 20.4 Å². The fourth-order valence-electron chi connectivity index (χ4n) is 2.34. The van der Waals surface area contributed by atoms with Crippen LogP contribution in [0.2, 0.25) is 0 Å². The van der Waals surface area contributed by atoms with Crippen molar-refractivity contribution in [1.82, 2.24) is 14.5 Å². The third-order valence-corrected chi connectivity index (χ3v) is 3.49. The van der Waals surface area contributed by atoms with E-state index in [1.165, 1.54) is 6.33 Å². The minimum absolute atomic E-state index is 0.253. The van der Waals surface area contributed by atoms with Crippen molar-refractivity contribution in [3.05, 3.63) is 17.6 Å². The quantitative estimate of drug-likeness (QED) is 0.792. The first-order chi connectivity index (χ1) is 9.02. The van der Waals surface area contributed by atoms with Gasteiger partial charge in [0.2, 0.25) is 5.91 Å². The molecule has 19 heavy (non-hydrogen) atoms. The van der Waals surface area contributed by atoms with Crippen molar-refractivity contribution < 1.29 is 4.79 Å². The van der Waals surface area contributed by atoms with Gasteiger partial charge in [-0.05, 0) is 32.3 Å². The number of aromatic nitrogens is 3. The molecule has 0 radical (unpaired) electrons. The fraction of sp³-hybridized carbons (Fsp3) is 0.462. The van der Waals surface area contributed by atoms with E-state index in [1.807, 2.05) is 13.8 Å². The van der Waals surface area contributed by atoms with E-state index in [0.717, 1.165) is 41.7 Å². The molecule has 0 bridgehead atoms. The summed E-state index contributed by atoms with van der Waals surface area (Å²) in [5.74, 6) is 0.262. The van der Waals surface area contributed by atoms with Gasteiger partial charge < -0.3 is 16.0 Å². The van der Waals surface area contributed by atoms with Crippen LogP contribution >= 0.6 is 0 Å². The largest absolute Gasteiger partial charge is 0.383 e. The molecular formula is C13H19N5O. The number of amides is 1. The molecule has 2 heterocycles. The monoisotopic (exact) mass is 261 g/mol. The number of aryl methyl sites for hydroxylation is 2. The number of anilines is 1. The molecule has 0 aromatic carbocycles. The van der Waals surface area contributed by atoms with E-state index in [1.54, 1.807) is 0 Å². The number of carbonyl (C=O) groups excluding carboxylic acids is 1. The summed E-state index contributed by atoms with van der Waals surface area (Å²) in [5, 5.41) is 0.926. The van der Waals surface area contributed by atoms with Crippen LogP contribution in [0.15, 0.2) is 6.33 Å². The lowest BCUT2D eigenvalue weighted by Crippen LogP contribution is -2.10. The van der Waals surface area contributed by atoms with E-state index in [4.69, 9.17) is 11.5 Å². The highest BCUT2D eigenvalue weighted by Crippen LogP contribution is 2.27. The lowest BCUT2D eigenvalue weighted by Gasteiger charge is -2.07. The molecule has 6 nitrogen and oxygen atoms in total. The van der Waals surface area contributed by atoms with Crippen molar-refractivity contribution >= 4 is 22.8 Å². The summed E-state index contributed by atoms with van der Waals surface area (Å²) < 4.78 is 2.13. The summed E-state index contributed by atoms with van der Waals surface area (Å²) >= 11 is 0. The average molecular weight is 261 g/mol. The van der Waals surface area contributed by atoms with Crippen LogP contribution in [0.25, 0.3) is 11.0 Å². The Balaban J connectivity index is 2.26. The van der Waals surface area contributed by atoms with Crippen molar-refractivity contribution in [2.24, 2.45) is 5.73 Å². The van der Waals surface area contributed by atoms with Crippen LogP contribution in [-0.2, 0) is 11.3 Å². The van der Waals surface area contributed by atoms with Crippen LogP contribution < -0.4 is 11.5 Å². The first-order valence-corrected chi connectivity index (χ1v) is 6.36. The maximum atomic E-state index is 10.7. The number of rotatable bonds is 5. The molecule has 2 aromatic heterocycles. The SMILES string of the molecule is Cc1c(C)n(CCCCC(N)=O)c2ncnc(N)c12. The number of fused-ring (bicyclic) bond motifs is 1. The predicted molar refractivity (Wildman–Crippen MR) is 74.5 cm³/mol. The van der Waals surface area contributed by atoms with E-state index < -0.39 is 0 Å². The Hall–Kier alpha value is -2.11. The first kappa shape index (κ1) is 13.3. The van der Waals surface area contributed by atoms with Crippen LogP contribution in [0.4, 0.5) is 5.82 Å². The second-order valence-corrected chi connectivity index (χ2v) is 4.74. The molecule has 0 spiro atoms. The average Bonchev–Trinajstić information content (AvgIpc) is 2.60. The molecule has 0 unspecified atom stereocenters. The van der Waals surface area contributed by atoms with Gasteiger partial charge in [-0.15, -0.1) is 0 Å². The number of hydrogen-bond acceptors (Lipinski definition) is 4. The third-order valence-electron chi connectivity index (χ3n) is 3.49. The molecule has 0 saturated heterocycles. The Bertz CT molecular complexity index is 617. The van der Waals surface area contributed by atoms with Gasteiger partial charge in [0.25, 0.3) is 0 Å². The summed E-state index contributed by atoms with van der Waals surface area (Å²) in [7, 11) is 0. The highest BCUT2D eigenvalue weighted by atomic mass is 16.1. The summed E-state index contributed by atoms with van der Waals surface area (Å²) in [6.45, 7) is 4.88. The van der Waals surface area contributed by atoms with E-state index >= 15 is 0 Å². The summed E-state index contributed by atoms with van der Waals surface area (Å²) in [6, 6.07) is 0. The molecule has 0 aliphatic heterocycles. The Morgan fingerprint density at radius 3 is 2.74 bits per heavy atom. The molecule has 2 rings (SSSR count). The number of primary amides is 1. The van der Waals surface area contributed by atoms with Crippen molar-refractivity contribution in [3.8, 4) is 0 Å². The van der Waals surface area contributed by atoms with Gasteiger partial charge in [-0.25, -0.2) is 9.97 Å². The second kappa shape index (κ2) is 5.26. The molecule has 2 aromatic rings. The number of nitrogen functional groups attached to an aromatic ring is 1. The number of unbranched alkanes of at least 4 members (excludes halogenated alkanes) is 1. The molecule has 0 saturated carbocycles. The summed E-state index contributed by atoms with van der Waals surface area (Å²) in [6.07, 6.45) is 3.58. The van der Waals surface area contributed by atoms with Crippen LogP contribution in [0.5, 0.6) is 0 Å². The Kier molecular flexibility index (Phi) is 3.69. The van der Waals surface area contributed by atoms with E-state index in [2.05, 4.69) is 14.5 Å². The zero-order valence-electron chi connectivity index (χ0n) is 11.3. The first-order valence-electron chi connectivity index (χ1n) is 6.36. The van der Waals surface area contributed by atoms with Gasteiger partial charge in [0.1, 0.15) is 17.8 Å². The number of carbonyl (C=O) groups is 1. The maximum Gasteiger partial charge on any atom is 0.217 e. The van der Waals surface area contributed by atoms with Gasteiger partial charge in [0.15, 0.2) is 0 Å². The number of nitrogens with two attached hydrogens (primary N) is 2. The molecule has 0 fully saturated rings. The lowest BCUT2D eigenvalue weighted by atomic mass is 10.2. The fourth-order valence-corrected chi connectivity index (χ4v) is 2.34. The highest BCUT2D eigenvalue weighted by Gasteiger charge is 2.14. The molecule has 6 heteroatoms. The van der Waals surface area contributed by atoms with Crippen LogP contribution in [0.1, 0.15) is 30.5 Å². The molecule has 4 N–H and O–H groups in total. The van der Waals surface area contributed by atoms with Crippen LogP contribution in [0, 0.1) is 13.8 Å². The van der Waals surface area contributed by atoms with Gasteiger partial charge in [-0.3, -0.25) is 4.79 Å². The topological polar surface area (TPSA) is 99.8 Å². The van der Waals surface area contributed by atoms with Gasteiger partial charge >= 0.3 is 0 Å². The molecule has 0 atom stereocenters. The normalized spacial score (nSPS) is 11.1. The summed E-state index contributed by atoms with van der Waals surface area (Å²) in [4.78, 5) is 19.1. The van der Waals surface area contributed by atoms with E-state index in [9.17, 15) is 4.79 Å². The Morgan fingerprint density at radius 1 is 1.32 bits per heavy atom. The molecule has 0 aliphatic rings. The van der Waals surface area contributed by atoms with Gasteiger partial charge in [-0.2, -0.15) is 0 Å². The van der Waals surface area contributed by atoms with Gasteiger partial charge in [0.05, 0.1) is 5.39 Å². The standard InChI is InChI=1S/C13H19N5O/c1-8-9(2)18(6-4-3-5-10(14)19)13-11(8)12(15)16-7-17-13/h7H,3-6H2,1-2H3,(H2,14,19)(H2,15,16,17). The molecule has 1 amide bonds. The Labute approximate surface area is 111 Å². The predicted octanol–water partition coefficient (Wildman–Crippen LogP) is 1.29. The van der Waals surface area contributed by atoms with E-state index in [0.29, 0.717) is 12.2 Å². The molecular weight excluding hydrogens is 242 g/mol. The molecule has 0 aliphatic carbocycles. The van der Waals surface area contributed by atoms with Crippen LogP contribution in [0.3, 0.4) is 0 Å². The van der Waals surface area contributed by atoms with Crippen molar-refractivity contribution in [2.45, 2.75) is 39.7 Å².